The van der Waals surface area contributed by atoms with E-state index in [1.165, 1.54) is 25.3 Å². The maximum absolute atomic E-state index is 13.2. The zero-order valence-electron chi connectivity index (χ0n) is 11.8. The molecule has 0 aliphatic carbocycles. The molecule has 0 saturated heterocycles. The number of hydrogen-bond donors (Lipinski definition) is 1. The number of carbonyl (C=O) groups is 1. The number of carbonyl (C=O) groups excluding carboxylic acids is 1. The highest BCUT2D eigenvalue weighted by Gasteiger charge is 2.15. The highest BCUT2D eigenvalue weighted by molar-refractivity contribution is 5.97. The molecule has 1 N–H and O–H groups in total. The molecule has 0 saturated carbocycles. The molecule has 1 amide bonds. The van der Waals surface area contributed by atoms with E-state index in [-0.39, 0.29) is 17.5 Å². The first-order valence-corrected chi connectivity index (χ1v) is 6.72. The van der Waals surface area contributed by atoms with Crippen LogP contribution >= 0.6 is 0 Å². The number of ether oxygens (including phenoxy) is 1. The molecule has 0 aliphatic rings. The maximum atomic E-state index is 13.2. The summed E-state index contributed by atoms with van der Waals surface area (Å²) in [5.41, 5.74) is 0.241. The SMILES string of the molecule is CCCCCC(C)NC(=O)c1cc(F)ccc1OC. The van der Waals surface area contributed by atoms with Crippen LogP contribution in [0.4, 0.5) is 4.39 Å². The van der Waals surface area contributed by atoms with Gasteiger partial charge in [0.2, 0.25) is 0 Å². The predicted octanol–water partition coefficient (Wildman–Crippen LogP) is 3.53. The van der Waals surface area contributed by atoms with Gasteiger partial charge < -0.3 is 10.1 Å². The van der Waals surface area contributed by atoms with Crippen LogP contribution in [0, 0.1) is 5.82 Å². The zero-order chi connectivity index (χ0) is 14.3. The minimum atomic E-state index is -0.440. The molecular formula is C15H22FNO2. The molecule has 1 unspecified atom stereocenters. The third-order valence-corrected chi connectivity index (χ3v) is 3.02. The summed E-state index contributed by atoms with van der Waals surface area (Å²) in [6.45, 7) is 4.10. The van der Waals surface area contributed by atoms with Crippen molar-refractivity contribution >= 4 is 5.91 Å². The molecule has 1 atom stereocenters. The summed E-state index contributed by atoms with van der Waals surface area (Å²) >= 11 is 0. The van der Waals surface area contributed by atoms with Crippen LogP contribution in [0.15, 0.2) is 18.2 Å². The number of methoxy groups -OCH3 is 1. The summed E-state index contributed by atoms with van der Waals surface area (Å²) in [4.78, 5) is 12.1. The first kappa shape index (κ1) is 15.5. The summed E-state index contributed by atoms with van der Waals surface area (Å²) < 4.78 is 18.3. The number of halogens is 1. The Morgan fingerprint density at radius 2 is 2.16 bits per heavy atom. The minimum Gasteiger partial charge on any atom is -0.496 e. The van der Waals surface area contributed by atoms with Crippen molar-refractivity contribution in [2.24, 2.45) is 0 Å². The Morgan fingerprint density at radius 1 is 1.42 bits per heavy atom. The van der Waals surface area contributed by atoms with E-state index >= 15 is 0 Å². The first-order valence-electron chi connectivity index (χ1n) is 6.72. The van der Waals surface area contributed by atoms with Crippen molar-refractivity contribution in [3.8, 4) is 5.75 Å². The van der Waals surface area contributed by atoms with Crippen molar-refractivity contribution in [1.29, 1.82) is 0 Å². The van der Waals surface area contributed by atoms with Gasteiger partial charge in [0.05, 0.1) is 12.7 Å². The fraction of sp³-hybridized carbons (Fsp3) is 0.533. The predicted molar refractivity (Wildman–Crippen MR) is 74.0 cm³/mol. The van der Waals surface area contributed by atoms with E-state index in [1.54, 1.807) is 0 Å². The average molecular weight is 267 g/mol. The maximum Gasteiger partial charge on any atom is 0.255 e. The quantitative estimate of drug-likeness (QED) is 0.767. The normalized spacial score (nSPS) is 12.0. The van der Waals surface area contributed by atoms with Crippen LogP contribution in [0.5, 0.6) is 5.75 Å². The van der Waals surface area contributed by atoms with Gasteiger partial charge in [-0.15, -0.1) is 0 Å². The van der Waals surface area contributed by atoms with Gasteiger partial charge in [-0.3, -0.25) is 4.79 Å². The molecular weight excluding hydrogens is 245 g/mol. The smallest absolute Gasteiger partial charge is 0.255 e. The van der Waals surface area contributed by atoms with Gasteiger partial charge in [0.1, 0.15) is 11.6 Å². The van der Waals surface area contributed by atoms with E-state index in [0.29, 0.717) is 5.75 Å². The van der Waals surface area contributed by atoms with Crippen molar-refractivity contribution in [2.75, 3.05) is 7.11 Å². The fourth-order valence-corrected chi connectivity index (χ4v) is 1.93. The topological polar surface area (TPSA) is 38.3 Å². The molecule has 0 spiro atoms. The van der Waals surface area contributed by atoms with E-state index in [0.717, 1.165) is 25.7 Å². The molecule has 1 aromatic rings. The fourth-order valence-electron chi connectivity index (χ4n) is 1.93. The van der Waals surface area contributed by atoms with Crippen LogP contribution in [0.3, 0.4) is 0 Å². The zero-order valence-corrected chi connectivity index (χ0v) is 11.8. The highest BCUT2D eigenvalue weighted by Crippen LogP contribution is 2.19. The second-order valence-electron chi connectivity index (χ2n) is 4.71. The lowest BCUT2D eigenvalue weighted by Gasteiger charge is -2.15. The molecule has 0 aliphatic heterocycles. The molecule has 3 nitrogen and oxygen atoms in total. The Bertz CT molecular complexity index is 421. The van der Waals surface area contributed by atoms with Crippen LogP contribution in [-0.2, 0) is 0 Å². The Morgan fingerprint density at radius 3 is 2.79 bits per heavy atom. The minimum absolute atomic E-state index is 0.0759. The van der Waals surface area contributed by atoms with Crippen molar-refractivity contribution in [3.63, 3.8) is 0 Å². The molecule has 1 aromatic carbocycles. The number of benzene rings is 1. The van der Waals surface area contributed by atoms with Gasteiger partial charge in [-0.25, -0.2) is 4.39 Å². The molecule has 0 fully saturated rings. The van der Waals surface area contributed by atoms with E-state index in [4.69, 9.17) is 4.74 Å². The summed E-state index contributed by atoms with van der Waals surface area (Å²) in [5.74, 6) is -0.343. The Hall–Kier alpha value is -1.58. The molecule has 4 heteroatoms. The Kier molecular flexibility index (Phi) is 6.33. The third kappa shape index (κ3) is 4.89. The second kappa shape index (κ2) is 7.77. The van der Waals surface area contributed by atoms with Gasteiger partial charge in [0.15, 0.2) is 0 Å². The lowest BCUT2D eigenvalue weighted by molar-refractivity contribution is 0.0934. The number of rotatable bonds is 7. The molecule has 106 valence electrons. The van der Waals surface area contributed by atoms with E-state index < -0.39 is 5.82 Å². The van der Waals surface area contributed by atoms with Gasteiger partial charge >= 0.3 is 0 Å². The lowest BCUT2D eigenvalue weighted by atomic mass is 10.1. The van der Waals surface area contributed by atoms with Crippen molar-refractivity contribution in [3.05, 3.63) is 29.6 Å². The van der Waals surface area contributed by atoms with Crippen LogP contribution < -0.4 is 10.1 Å². The molecule has 0 aromatic heterocycles. The molecule has 1 rings (SSSR count). The Labute approximate surface area is 114 Å². The number of unbranched alkanes of at least 4 members (excludes halogenated alkanes) is 2. The highest BCUT2D eigenvalue weighted by atomic mass is 19.1. The lowest BCUT2D eigenvalue weighted by Crippen LogP contribution is -2.32. The van der Waals surface area contributed by atoms with Crippen LogP contribution in [0.2, 0.25) is 0 Å². The summed E-state index contributed by atoms with van der Waals surface area (Å²) in [6, 6.07) is 4.02. The number of amides is 1. The van der Waals surface area contributed by atoms with Gasteiger partial charge in [-0.2, -0.15) is 0 Å². The summed E-state index contributed by atoms with van der Waals surface area (Å²) in [7, 11) is 1.47. The molecule has 0 bridgehead atoms. The van der Waals surface area contributed by atoms with Crippen molar-refractivity contribution in [2.45, 2.75) is 45.6 Å². The molecule has 19 heavy (non-hydrogen) atoms. The van der Waals surface area contributed by atoms with Gasteiger partial charge in [0, 0.05) is 6.04 Å². The van der Waals surface area contributed by atoms with Gasteiger partial charge in [0.25, 0.3) is 5.91 Å². The first-order chi connectivity index (χ1) is 9.08. The van der Waals surface area contributed by atoms with Crippen LogP contribution in [0.25, 0.3) is 0 Å². The molecule has 0 radical (unpaired) electrons. The summed E-state index contributed by atoms with van der Waals surface area (Å²) in [5, 5.41) is 2.87. The summed E-state index contributed by atoms with van der Waals surface area (Å²) in [6.07, 6.45) is 4.32. The van der Waals surface area contributed by atoms with Gasteiger partial charge in [-0.05, 0) is 31.5 Å². The van der Waals surface area contributed by atoms with Crippen LogP contribution in [-0.4, -0.2) is 19.1 Å². The number of hydrogen-bond acceptors (Lipinski definition) is 2. The number of nitrogens with one attached hydrogen (secondary N) is 1. The largest absolute Gasteiger partial charge is 0.496 e. The third-order valence-electron chi connectivity index (χ3n) is 3.02. The Balaban J connectivity index is 2.64. The van der Waals surface area contributed by atoms with Gasteiger partial charge in [-0.1, -0.05) is 26.2 Å². The molecule has 0 heterocycles. The standard InChI is InChI=1S/C15H22FNO2/c1-4-5-6-7-11(2)17-15(18)13-10-12(16)8-9-14(13)19-3/h8-11H,4-7H2,1-3H3,(H,17,18). The van der Waals surface area contributed by atoms with Crippen LogP contribution in [0.1, 0.15) is 49.9 Å². The second-order valence-corrected chi connectivity index (χ2v) is 4.71. The average Bonchev–Trinajstić information content (AvgIpc) is 2.39. The van der Waals surface area contributed by atoms with E-state index in [9.17, 15) is 9.18 Å². The van der Waals surface area contributed by atoms with E-state index in [2.05, 4.69) is 12.2 Å². The monoisotopic (exact) mass is 267 g/mol. The van der Waals surface area contributed by atoms with E-state index in [1.807, 2.05) is 6.92 Å². The van der Waals surface area contributed by atoms with Crippen molar-refractivity contribution in [1.82, 2.24) is 5.32 Å². The van der Waals surface area contributed by atoms with Crippen molar-refractivity contribution < 1.29 is 13.9 Å².